The molecule has 1 aromatic rings. The summed E-state index contributed by atoms with van der Waals surface area (Å²) in [5, 5.41) is 11.6. The molecule has 1 amide bonds. The monoisotopic (exact) mass is 262 g/mol. The minimum absolute atomic E-state index is 0.204. The van der Waals surface area contributed by atoms with Gasteiger partial charge in [-0.15, -0.1) is 0 Å². The number of nitrogens with two attached hydrogens (primary N) is 1. The zero-order chi connectivity index (χ0) is 12.1. The number of halogens is 2. The van der Waals surface area contributed by atoms with Gasteiger partial charge >= 0.3 is 6.09 Å². The fraction of sp³-hybridized carbons (Fsp3) is 0.300. The molecule has 0 radical (unpaired) electrons. The highest BCUT2D eigenvalue weighted by atomic mass is 35.5. The second kappa shape index (κ2) is 5.94. The van der Waals surface area contributed by atoms with Crippen molar-refractivity contribution < 1.29 is 9.90 Å². The van der Waals surface area contributed by atoms with Crippen LogP contribution in [-0.4, -0.2) is 23.8 Å². The Labute approximate surface area is 103 Å². The first-order valence-corrected chi connectivity index (χ1v) is 5.41. The minimum atomic E-state index is -1.08. The number of amides is 1. The van der Waals surface area contributed by atoms with Gasteiger partial charge in [0.15, 0.2) is 0 Å². The van der Waals surface area contributed by atoms with Crippen molar-refractivity contribution in [1.29, 1.82) is 0 Å². The van der Waals surface area contributed by atoms with Gasteiger partial charge in [-0.3, -0.25) is 0 Å². The summed E-state index contributed by atoms with van der Waals surface area (Å²) in [6.07, 6.45) is -0.540. The van der Waals surface area contributed by atoms with Gasteiger partial charge in [-0.05, 0) is 24.1 Å². The van der Waals surface area contributed by atoms with Crippen LogP contribution in [0.15, 0.2) is 18.2 Å². The van der Waals surface area contributed by atoms with Crippen LogP contribution in [0.2, 0.25) is 10.0 Å². The van der Waals surface area contributed by atoms with Crippen LogP contribution >= 0.6 is 23.2 Å². The topological polar surface area (TPSA) is 75.3 Å². The first kappa shape index (κ1) is 13.1. The Morgan fingerprint density at radius 2 is 2.12 bits per heavy atom. The molecule has 0 bridgehead atoms. The number of nitrogens with one attached hydrogen (secondary N) is 1. The molecule has 4 N–H and O–H groups in total. The molecule has 6 heteroatoms. The van der Waals surface area contributed by atoms with Gasteiger partial charge < -0.3 is 16.2 Å². The van der Waals surface area contributed by atoms with E-state index in [9.17, 15) is 4.79 Å². The Bertz CT molecular complexity index is 385. The standard InChI is InChI=1S/C10H12Cl2N2O2/c11-8-2-1-6(4-9(8)12)3-7(13)5-14-10(15)16/h1-2,4,7,14H,3,5,13H2,(H,15,16)/t7-/m1/s1. The molecule has 0 fully saturated rings. The van der Waals surface area contributed by atoms with E-state index in [-0.39, 0.29) is 12.6 Å². The lowest BCUT2D eigenvalue weighted by Crippen LogP contribution is -2.37. The van der Waals surface area contributed by atoms with Crippen LogP contribution in [0.3, 0.4) is 0 Å². The van der Waals surface area contributed by atoms with Gasteiger partial charge in [0.25, 0.3) is 0 Å². The number of hydrogen-bond donors (Lipinski definition) is 3. The van der Waals surface area contributed by atoms with Gasteiger partial charge in [0.05, 0.1) is 10.0 Å². The van der Waals surface area contributed by atoms with E-state index in [0.29, 0.717) is 16.5 Å². The van der Waals surface area contributed by atoms with Gasteiger partial charge in [0.1, 0.15) is 0 Å². The lowest BCUT2D eigenvalue weighted by molar-refractivity contribution is 0.193. The van der Waals surface area contributed by atoms with Crippen LogP contribution in [0.4, 0.5) is 4.79 Å². The summed E-state index contributed by atoms with van der Waals surface area (Å²) in [6, 6.07) is 4.95. The zero-order valence-corrected chi connectivity index (χ0v) is 9.92. The Balaban J connectivity index is 2.52. The smallest absolute Gasteiger partial charge is 0.404 e. The summed E-state index contributed by atoms with van der Waals surface area (Å²) in [5.74, 6) is 0. The normalized spacial score (nSPS) is 12.2. The van der Waals surface area contributed by atoms with E-state index < -0.39 is 6.09 Å². The maximum absolute atomic E-state index is 10.2. The molecule has 1 rings (SSSR count). The molecular formula is C10H12Cl2N2O2. The van der Waals surface area contributed by atoms with Crippen molar-refractivity contribution in [2.24, 2.45) is 5.73 Å². The average Bonchev–Trinajstić information content (AvgIpc) is 2.21. The van der Waals surface area contributed by atoms with Crippen molar-refractivity contribution >= 4 is 29.3 Å². The maximum atomic E-state index is 10.2. The zero-order valence-electron chi connectivity index (χ0n) is 8.41. The molecular weight excluding hydrogens is 251 g/mol. The van der Waals surface area contributed by atoms with Gasteiger partial charge in [-0.1, -0.05) is 29.3 Å². The molecule has 0 saturated heterocycles. The molecule has 4 nitrogen and oxygen atoms in total. The van der Waals surface area contributed by atoms with Crippen LogP contribution in [0, 0.1) is 0 Å². The largest absolute Gasteiger partial charge is 0.465 e. The predicted octanol–water partition coefficient (Wildman–Crippen LogP) is 2.13. The molecule has 0 aliphatic rings. The molecule has 1 aromatic carbocycles. The fourth-order valence-electron chi connectivity index (χ4n) is 1.26. The number of carboxylic acid groups (broad SMARTS) is 1. The molecule has 0 unspecified atom stereocenters. The van der Waals surface area contributed by atoms with Crippen molar-refractivity contribution in [3.8, 4) is 0 Å². The van der Waals surface area contributed by atoms with E-state index in [1.807, 2.05) is 6.07 Å². The molecule has 16 heavy (non-hydrogen) atoms. The number of rotatable bonds is 4. The van der Waals surface area contributed by atoms with Crippen molar-refractivity contribution in [2.45, 2.75) is 12.5 Å². The van der Waals surface area contributed by atoms with Crippen LogP contribution < -0.4 is 11.1 Å². The predicted molar refractivity (Wildman–Crippen MR) is 64.2 cm³/mol. The summed E-state index contributed by atoms with van der Waals surface area (Å²) in [6.45, 7) is 0.204. The summed E-state index contributed by atoms with van der Waals surface area (Å²) < 4.78 is 0. The Morgan fingerprint density at radius 1 is 1.44 bits per heavy atom. The highest BCUT2D eigenvalue weighted by molar-refractivity contribution is 6.42. The van der Waals surface area contributed by atoms with E-state index >= 15 is 0 Å². The molecule has 0 aliphatic heterocycles. The van der Waals surface area contributed by atoms with E-state index in [0.717, 1.165) is 5.56 Å². The van der Waals surface area contributed by atoms with E-state index in [2.05, 4.69) is 5.32 Å². The average molecular weight is 263 g/mol. The molecule has 0 aromatic heterocycles. The molecule has 88 valence electrons. The maximum Gasteiger partial charge on any atom is 0.404 e. The molecule has 0 spiro atoms. The second-order valence-electron chi connectivity index (χ2n) is 3.40. The number of carbonyl (C=O) groups is 1. The Kier molecular flexibility index (Phi) is 4.86. The van der Waals surface area contributed by atoms with Gasteiger partial charge in [0, 0.05) is 12.6 Å². The minimum Gasteiger partial charge on any atom is -0.465 e. The number of hydrogen-bond acceptors (Lipinski definition) is 2. The van der Waals surface area contributed by atoms with E-state index in [1.54, 1.807) is 12.1 Å². The molecule has 0 aliphatic carbocycles. The summed E-state index contributed by atoms with van der Waals surface area (Å²) in [7, 11) is 0. The Morgan fingerprint density at radius 3 is 2.69 bits per heavy atom. The highest BCUT2D eigenvalue weighted by Gasteiger charge is 2.07. The van der Waals surface area contributed by atoms with Crippen molar-refractivity contribution in [3.05, 3.63) is 33.8 Å². The third-order valence-electron chi connectivity index (χ3n) is 2.00. The van der Waals surface area contributed by atoms with Gasteiger partial charge in [-0.2, -0.15) is 0 Å². The number of benzene rings is 1. The van der Waals surface area contributed by atoms with Crippen LogP contribution in [0.5, 0.6) is 0 Å². The molecule has 0 heterocycles. The quantitative estimate of drug-likeness (QED) is 0.778. The lowest BCUT2D eigenvalue weighted by Gasteiger charge is -2.11. The second-order valence-corrected chi connectivity index (χ2v) is 4.21. The van der Waals surface area contributed by atoms with E-state index in [4.69, 9.17) is 34.0 Å². The third kappa shape index (κ3) is 4.26. The fourth-order valence-corrected chi connectivity index (χ4v) is 1.58. The van der Waals surface area contributed by atoms with Gasteiger partial charge in [-0.25, -0.2) is 4.79 Å². The third-order valence-corrected chi connectivity index (χ3v) is 2.74. The SMILES string of the molecule is N[C@@H](CNC(=O)O)Cc1ccc(Cl)c(Cl)c1. The van der Waals surface area contributed by atoms with Crippen LogP contribution in [0.1, 0.15) is 5.56 Å². The molecule has 0 saturated carbocycles. The van der Waals surface area contributed by atoms with Crippen molar-refractivity contribution in [3.63, 3.8) is 0 Å². The summed E-state index contributed by atoms with van der Waals surface area (Å²) in [5.41, 5.74) is 6.67. The Hall–Kier alpha value is -0.970. The van der Waals surface area contributed by atoms with Gasteiger partial charge in [0.2, 0.25) is 0 Å². The van der Waals surface area contributed by atoms with Crippen LogP contribution in [-0.2, 0) is 6.42 Å². The summed E-state index contributed by atoms with van der Waals surface area (Å²) >= 11 is 11.6. The first-order chi connectivity index (χ1) is 7.49. The van der Waals surface area contributed by atoms with E-state index in [1.165, 1.54) is 0 Å². The lowest BCUT2D eigenvalue weighted by atomic mass is 10.1. The summed E-state index contributed by atoms with van der Waals surface area (Å²) in [4.78, 5) is 10.2. The van der Waals surface area contributed by atoms with Crippen molar-refractivity contribution in [1.82, 2.24) is 5.32 Å². The van der Waals surface area contributed by atoms with Crippen LogP contribution in [0.25, 0.3) is 0 Å². The first-order valence-electron chi connectivity index (χ1n) is 4.65. The van der Waals surface area contributed by atoms with Crippen molar-refractivity contribution in [2.75, 3.05) is 6.54 Å². The molecule has 1 atom stereocenters. The highest BCUT2D eigenvalue weighted by Crippen LogP contribution is 2.22.